The number of nitrogens with zero attached hydrogens (tertiary/aromatic N) is 2. The van der Waals surface area contributed by atoms with E-state index in [1.165, 1.54) is 5.56 Å². The smallest absolute Gasteiger partial charge is 0.104 e. The third-order valence-electron chi connectivity index (χ3n) is 3.27. The summed E-state index contributed by atoms with van der Waals surface area (Å²) in [5.74, 6) is 0.976. The van der Waals surface area contributed by atoms with Crippen molar-refractivity contribution in [1.82, 2.24) is 14.9 Å². The van der Waals surface area contributed by atoms with E-state index < -0.39 is 0 Å². The van der Waals surface area contributed by atoms with E-state index in [2.05, 4.69) is 54.0 Å². The van der Waals surface area contributed by atoms with Gasteiger partial charge >= 0.3 is 0 Å². The van der Waals surface area contributed by atoms with E-state index in [1.807, 2.05) is 6.92 Å². The lowest BCUT2D eigenvalue weighted by Gasteiger charge is -2.23. The fourth-order valence-electron chi connectivity index (χ4n) is 1.94. The van der Waals surface area contributed by atoms with Crippen molar-refractivity contribution in [2.45, 2.75) is 26.8 Å². The van der Waals surface area contributed by atoms with Crippen molar-refractivity contribution in [3.63, 3.8) is 0 Å². The monoisotopic (exact) mass is 217 g/mol. The van der Waals surface area contributed by atoms with Gasteiger partial charge in [0.25, 0.3) is 0 Å². The predicted molar refractivity (Wildman–Crippen MR) is 67.5 cm³/mol. The number of aromatic amines is 1. The van der Waals surface area contributed by atoms with Crippen LogP contribution in [-0.2, 0) is 0 Å². The highest BCUT2D eigenvalue weighted by Crippen LogP contribution is 2.22. The standard InChI is InChI=1S/C13H19N3/c1-5-16(4)9(2)11-6-7-12-13(8-11)15-10(3)14-12/h6-9H,5H2,1-4H3,(H,14,15). The van der Waals surface area contributed by atoms with Crippen molar-refractivity contribution >= 4 is 11.0 Å². The van der Waals surface area contributed by atoms with Gasteiger partial charge in [0.2, 0.25) is 0 Å². The average molecular weight is 217 g/mol. The fourth-order valence-corrected chi connectivity index (χ4v) is 1.94. The van der Waals surface area contributed by atoms with Crippen LogP contribution < -0.4 is 0 Å². The molecule has 0 aliphatic rings. The minimum atomic E-state index is 0.436. The predicted octanol–water partition coefficient (Wildman–Crippen LogP) is 2.88. The first-order valence-corrected chi connectivity index (χ1v) is 5.78. The van der Waals surface area contributed by atoms with E-state index in [-0.39, 0.29) is 0 Å². The number of rotatable bonds is 3. The molecule has 1 heterocycles. The van der Waals surface area contributed by atoms with E-state index in [4.69, 9.17) is 0 Å². The van der Waals surface area contributed by atoms with Crippen LogP contribution in [0.2, 0.25) is 0 Å². The maximum atomic E-state index is 4.47. The van der Waals surface area contributed by atoms with Crippen LogP contribution in [0.15, 0.2) is 18.2 Å². The fraction of sp³-hybridized carbons (Fsp3) is 0.462. The summed E-state index contributed by atoms with van der Waals surface area (Å²) < 4.78 is 0. The molecule has 0 bridgehead atoms. The van der Waals surface area contributed by atoms with Gasteiger partial charge in [-0.3, -0.25) is 4.90 Å². The Morgan fingerprint density at radius 1 is 1.44 bits per heavy atom. The Labute approximate surface area is 96.5 Å². The van der Waals surface area contributed by atoms with Crippen LogP contribution >= 0.6 is 0 Å². The van der Waals surface area contributed by atoms with Gasteiger partial charge in [0, 0.05) is 6.04 Å². The first-order chi connectivity index (χ1) is 7.61. The molecule has 0 fully saturated rings. The summed E-state index contributed by atoms with van der Waals surface area (Å²) in [6, 6.07) is 6.91. The maximum Gasteiger partial charge on any atom is 0.104 e. The molecule has 0 aliphatic heterocycles. The Morgan fingerprint density at radius 2 is 2.19 bits per heavy atom. The minimum Gasteiger partial charge on any atom is -0.342 e. The zero-order chi connectivity index (χ0) is 11.7. The summed E-state index contributed by atoms with van der Waals surface area (Å²) in [6.45, 7) is 7.44. The Bertz CT molecular complexity index is 487. The number of nitrogens with one attached hydrogen (secondary N) is 1. The normalized spacial score (nSPS) is 13.6. The van der Waals surface area contributed by atoms with Gasteiger partial charge < -0.3 is 4.98 Å². The Kier molecular flexibility index (Phi) is 2.97. The molecule has 1 aromatic carbocycles. The molecule has 0 radical (unpaired) electrons. The second-order valence-corrected chi connectivity index (χ2v) is 4.35. The maximum absolute atomic E-state index is 4.47. The highest BCUT2D eigenvalue weighted by molar-refractivity contribution is 5.75. The molecule has 2 rings (SSSR count). The lowest BCUT2D eigenvalue weighted by Crippen LogP contribution is -2.21. The van der Waals surface area contributed by atoms with Crippen LogP contribution in [0, 0.1) is 6.92 Å². The molecular formula is C13H19N3. The van der Waals surface area contributed by atoms with Crippen molar-refractivity contribution < 1.29 is 0 Å². The SMILES string of the molecule is CCN(C)C(C)c1ccc2[nH]c(C)nc2c1. The van der Waals surface area contributed by atoms with Crippen molar-refractivity contribution in [3.05, 3.63) is 29.6 Å². The molecule has 1 unspecified atom stereocenters. The van der Waals surface area contributed by atoms with E-state index in [0.29, 0.717) is 6.04 Å². The van der Waals surface area contributed by atoms with E-state index in [1.54, 1.807) is 0 Å². The van der Waals surface area contributed by atoms with Gasteiger partial charge in [-0.05, 0) is 45.1 Å². The number of aromatic nitrogens is 2. The van der Waals surface area contributed by atoms with E-state index in [9.17, 15) is 0 Å². The third kappa shape index (κ3) is 1.95. The molecule has 2 aromatic rings. The highest BCUT2D eigenvalue weighted by Gasteiger charge is 2.11. The number of fused-ring (bicyclic) bond motifs is 1. The van der Waals surface area contributed by atoms with Crippen molar-refractivity contribution in [3.8, 4) is 0 Å². The second-order valence-electron chi connectivity index (χ2n) is 4.35. The lowest BCUT2D eigenvalue weighted by atomic mass is 10.1. The van der Waals surface area contributed by atoms with Gasteiger partial charge in [-0.1, -0.05) is 13.0 Å². The number of imidazole rings is 1. The molecule has 0 saturated heterocycles. The molecule has 86 valence electrons. The molecule has 0 saturated carbocycles. The number of hydrogen-bond donors (Lipinski definition) is 1. The molecule has 3 nitrogen and oxygen atoms in total. The summed E-state index contributed by atoms with van der Waals surface area (Å²) in [4.78, 5) is 10.0. The second kappa shape index (κ2) is 4.26. The van der Waals surface area contributed by atoms with Crippen molar-refractivity contribution in [2.24, 2.45) is 0 Å². The largest absolute Gasteiger partial charge is 0.342 e. The summed E-state index contributed by atoms with van der Waals surface area (Å²) in [5.41, 5.74) is 3.50. The Morgan fingerprint density at radius 3 is 2.88 bits per heavy atom. The molecule has 1 aromatic heterocycles. The minimum absolute atomic E-state index is 0.436. The molecule has 3 heteroatoms. The number of aryl methyl sites for hydroxylation is 1. The number of H-pyrrole nitrogens is 1. The van der Waals surface area contributed by atoms with E-state index >= 15 is 0 Å². The molecule has 1 N–H and O–H groups in total. The third-order valence-corrected chi connectivity index (χ3v) is 3.27. The van der Waals surface area contributed by atoms with Crippen LogP contribution in [0.1, 0.15) is 31.3 Å². The first kappa shape index (κ1) is 11.1. The van der Waals surface area contributed by atoms with Crippen LogP contribution in [0.4, 0.5) is 0 Å². The summed E-state index contributed by atoms with van der Waals surface area (Å²) in [6.07, 6.45) is 0. The van der Waals surface area contributed by atoms with Crippen molar-refractivity contribution in [2.75, 3.05) is 13.6 Å². The Hall–Kier alpha value is -1.35. The van der Waals surface area contributed by atoms with Crippen LogP contribution in [0.5, 0.6) is 0 Å². The number of benzene rings is 1. The summed E-state index contributed by atoms with van der Waals surface area (Å²) in [5, 5.41) is 0. The lowest BCUT2D eigenvalue weighted by molar-refractivity contribution is 0.276. The van der Waals surface area contributed by atoms with Gasteiger partial charge in [-0.25, -0.2) is 4.98 Å². The summed E-state index contributed by atoms with van der Waals surface area (Å²) in [7, 11) is 2.14. The molecular weight excluding hydrogens is 198 g/mol. The van der Waals surface area contributed by atoms with Gasteiger partial charge in [0.1, 0.15) is 5.82 Å². The quantitative estimate of drug-likeness (QED) is 0.857. The zero-order valence-electron chi connectivity index (χ0n) is 10.4. The van der Waals surface area contributed by atoms with Gasteiger partial charge in [0.15, 0.2) is 0 Å². The van der Waals surface area contributed by atoms with Gasteiger partial charge in [-0.15, -0.1) is 0 Å². The van der Waals surface area contributed by atoms with E-state index in [0.717, 1.165) is 23.4 Å². The van der Waals surface area contributed by atoms with Gasteiger partial charge in [-0.2, -0.15) is 0 Å². The summed E-state index contributed by atoms with van der Waals surface area (Å²) >= 11 is 0. The topological polar surface area (TPSA) is 31.9 Å². The first-order valence-electron chi connectivity index (χ1n) is 5.78. The molecule has 0 aliphatic carbocycles. The zero-order valence-corrected chi connectivity index (χ0v) is 10.4. The van der Waals surface area contributed by atoms with Gasteiger partial charge in [0.05, 0.1) is 11.0 Å². The van der Waals surface area contributed by atoms with Crippen molar-refractivity contribution in [1.29, 1.82) is 0 Å². The van der Waals surface area contributed by atoms with Crippen LogP contribution in [0.3, 0.4) is 0 Å². The molecule has 16 heavy (non-hydrogen) atoms. The van der Waals surface area contributed by atoms with Crippen LogP contribution in [0.25, 0.3) is 11.0 Å². The molecule has 0 amide bonds. The average Bonchev–Trinajstić information content (AvgIpc) is 2.65. The number of hydrogen-bond acceptors (Lipinski definition) is 2. The molecule has 0 spiro atoms. The highest BCUT2D eigenvalue weighted by atomic mass is 15.1. The Balaban J connectivity index is 2.38. The molecule has 1 atom stereocenters. The van der Waals surface area contributed by atoms with Crippen LogP contribution in [-0.4, -0.2) is 28.5 Å².